The molecule has 0 radical (unpaired) electrons. The van der Waals surface area contributed by atoms with Gasteiger partial charge < -0.3 is 40.2 Å². The summed E-state index contributed by atoms with van der Waals surface area (Å²) in [6.45, 7) is 14.2. The van der Waals surface area contributed by atoms with Gasteiger partial charge in [-0.3, -0.25) is 19.4 Å². The number of nitrogens with one attached hydrogen (secondary N) is 3. The molecule has 0 bridgehead atoms. The molecule has 68 heavy (non-hydrogen) atoms. The van der Waals surface area contributed by atoms with E-state index >= 15 is 0 Å². The molecule has 2 aliphatic heterocycles. The van der Waals surface area contributed by atoms with Crippen LogP contribution in [0.15, 0.2) is 47.9 Å². The van der Waals surface area contributed by atoms with Gasteiger partial charge in [0.2, 0.25) is 11.8 Å². The Morgan fingerprint density at radius 3 is 2.41 bits per heavy atom. The highest BCUT2D eigenvalue weighted by Crippen LogP contribution is 2.47. The number of carboxylic acid groups (broad SMARTS) is 1. The van der Waals surface area contributed by atoms with Gasteiger partial charge >= 0.3 is 18.2 Å². The summed E-state index contributed by atoms with van der Waals surface area (Å²) in [7, 11) is 0. The Morgan fingerprint density at radius 1 is 1.04 bits per heavy atom. The number of aliphatic carboxylic acids is 1. The quantitative estimate of drug-likeness (QED) is 0.104. The number of pyridine rings is 1. The Hall–Kier alpha value is -5.18. The van der Waals surface area contributed by atoms with Crippen molar-refractivity contribution < 1.29 is 51.7 Å². The van der Waals surface area contributed by atoms with Crippen molar-refractivity contribution in [1.29, 1.82) is 0 Å². The van der Waals surface area contributed by atoms with Crippen molar-refractivity contribution in [1.82, 2.24) is 35.3 Å². The Morgan fingerprint density at radius 2 is 1.78 bits per heavy atom. The summed E-state index contributed by atoms with van der Waals surface area (Å²) in [5.41, 5.74) is 0.0906. The summed E-state index contributed by atoms with van der Waals surface area (Å²) >= 11 is 8.47. The number of alkyl halides is 3. The lowest BCUT2D eigenvalue weighted by atomic mass is 9.85. The Bertz CT molecular complexity index is 2470. The maximum atomic E-state index is 14.8. The van der Waals surface area contributed by atoms with Gasteiger partial charge in [0.25, 0.3) is 0 Å². The van der Waals surface area contributed by atoms with E-state index in [2.05, 4.69) is 28.6 Å². The number of aromatic nitrogens is 2. The summed E-state index contributed by atoms with van der Waals surface area (Å²) in [5.74, 6) is -1.99. The van der Waals surface area contributed by atoms with Crippen LogP contribution in [0.2, 0.25) is 5.02 Å². The summed E-state index contributed by atoms with van der Waals surface area (Å²) in [4.78, 5) is 69.4. The van der Waals surface area contributed by atoms with Crippen LogP contribution in [0.4, 0.5) is 23.1 Å². The molecule has 21 heteroatoms. The number of nitrogens with zero attached hydrogens (tertiary/aromatic N) is 5. The maximum Gasteiger partial charge on any atom is 0.408 e. The largest absolute Gasteiger partial charge is 0.491 e. The molecule has 4 N–H and O–H groups in total. The first kappa shape index (κ1) is 49.2. The summed E-state index contributed by atoms with van der Waals surface area (Å²) in [6.07, 6.45) is -1.05. The molecule has 5 aliphatic rings. The van der Waals surface area contributed by atoms with E-state index in [-0.39, 0.29) is 56.3 Å². The Balaban J connectivity index is 1.06. The number of anilines is 1. The highest BCUT2D eigenvalue weighted by Gasteiger charge is 2.61. The lowest BCUT2D eigenvalue weighted by Crippen LogP contribution is -2.59. The van der Waals surface area contributed by atoms with Crippen LogP contribution in [0.25, 0.3) is 22.3 Å². The number of benzene rings is 1. The molecule has 2 saturated heterocycles. The molecule has 3 amide bonds. The average Bonchev–Trinajstić information content (AvgIpc) is 3.93. The van der Waals surface area contributed by atoms with Crippen molar-refractivity contribution in [3.8, 4) is 22.9 Å². The molecule has 2 aromatic heterocycles. The van der Waals surface area contributed by atoms with Crippen LogP contribution in [0.5, 0.6) is 11.5 Å². The van der Waals surface area contributed by atoms with Gasteiger partial charge in [0.15, 0.2) is 5.13 Å². The number of halogens is 4. The minimum atomic E-state index is -4.25. The van der Waals surface area contributed by atoms with Gasteiger partial charge in [-0.25, -0.2) is 19.6 Å². The van der Waals surface area contributed by atoms with Crippen molar-refractivity contribution in [2.45, 2.75) is 102 Å². The first-order valence-corrected chi connectivity index (χ1v) is 24.2. The van der Waals surface area contributed by atoms with Crippen LogP contribution < -0.4 is 25.4 Å². The molecular weight excluding hydrogens is 929 g/mol. The molecule has 7 atom stereocenters. The molecule has 16 nitrogen and oxygen atoms in total. The fourth-order valence-corrected chi connectivity index (χ4v) is 10.4. The van der Waals surface area contributed by atoms with Crippen molar-refractivity contribution in [3.05, 3.63) is 52.9 Å². The molecule has 368 valence electrons. The first-order valence-electron chi connectivity index (χ1n) is 22.9. The average molecular weight is 988 g/mol. The van der Waals surface area contributed by atoms with E-state index in [1.165, 1.54) is 32.8 Å². The molecule has 0 spiro atoms. The third-order valence-corrected chi connectivity index (χ3v) is 14.3. The Kier molecular flexibility index (Phi) is 14.0. The highest BCUT2D eigenvalue weighted by molar-refractivity contribution is 7.14. The second kappa shape index (κ2) is 19.3. The number of thiazole rings is 1. The van der Waals surface area contributed by atoms with Crippen molar-refractivity contribution >= 4 is 62.8 Å². The summed E-state index contributed by atoms with van der Waals surface area (Å²) in [5, 5.41) is 22.2. The zero-order valence-corrected chi connectivity index (χ0v) is 40.2. The highest BCUT2D eigenvalue weighted by atomic mass is 35.5. The molecule has 3 aromatic rings. The van der Waals surface area contributed by atoms with E-state index in [4.69, 9.17) is 35.8 Å². The second-order valence-electron chi connectivity index (χ2n) is 19.8. The van der Waals surface area contributed by atoms with Crippen LogP contribution in [0.3, 0.4) is 0 Å². The standard InChI is InChI=1S/C47H58ClF3N8O8S/c1-7-28-21-46(28,42(62)63)56-40(60)34-19-30(22-59(34)41(61)39(45(4,5)6)55-44(64)67-29-17-26-16-27(26)18-29)66-36-20-32(33-23-68-43(54-33)52-25(2)3)53-38-31(36)8-9-35(37(38)48)65-15-14-57-10-12-58(13-11-57)24-47(49,50)51/h7-9,16,20,23,25-26,28-30,34,39H,1,10-15,17-19,21-22,24H2,2-6H3,(H,52,54)(H,55,64)(H,56,60)(H,62,63)/t26-,28+,29+,30?,34-,39+,46+/m0/s1. The number of piperazine rings is 1. The van der Waals surface area contributed by atoms with Gasteiger partial charge in [0, 0.05) is 80.3 Å². The van der Waals surface area contributed by atoms with Gasteiger partial charge in [0.05, 0.1) is 24.3 Å². The van der Waals surface area contributed by atoms with Crippen LogP contribution in [0.1, 0.15) is 60.3 Å². The number of fused-ring (bicyclic) bond motifs is 2. The fraction of sp³-hybridized carbons (Fsp3) is 0.574. The summed E-state index contributed by atoms with van der Waals surface area (Å²) < 4.78 is 57.5. The zero-order chi connectivity index (χ0) is 48.9. The van der Waals surface area contributed by atoms with Crippen molar-refractivity contribution in [2.75, 3.05) is 57.7 Å². The molecule has 4 fully saturated rings. The number of carbonyl (C=O) groups is 4. The van der Waals surface area contributed by atoms with E-state index in [0.29, 0.717) is 77.3 Å². The predicted molar refractivity (Wildman–Crippen MR) is 250 cm³/mol. The molecule has 2 saturated carbocycles. The lowest BCUT2D eigenvalue weighted by Gasteiger charge is -2.35. The van der Waals surface area contributed by atoms with Crippen molar-refractivity contribution in [3.63, 3.8) is 0 Å². The number of rotatable bonds is 17. The number of carbonyl (C=O) groups excluding carboxylic acids is 3. The maximum absolute atomic E-state index is 14.8. The topological polar surface area (TPSA) is 188 Å². The van der Waals surface area contributed by atoms with E-state index in [1.54, 1.807) is 39.0 Å². The third-order valence-electron chi connectivity index (χ3n) is 13.1. The van der Waals surface area contributed by atoms with Gasteiger partial charge in [0.1, 0.15) is 58.7 Å². The normalized spacial score (nSPS) is 25.4. The fourth-order valence-electron chi connectivity index (χ4n) is 9.32. The van der Waals surface area contributed by atoms with Crippen LogP contribution in [-0.4, -0.2) is 148 Å². The zero-order valence-electron chi connectivity index (χ0n) is 38.7. The lowest BCUT2D eigenvalue weighted by molar-refractivity contribution is -0.149. The predicted octanol–water partition coefficient (Wildman–Crippen LogP) is 6.74. The number of hydrogen-bond acceptors (Lipinski definition) is 13. The van der Waals surface area contributed by atoms with Crippen molar-refractivity contribution in [2.24, 2.45) is 17.3 Å². The van der Waals surface area contributed by atoms with Crippen LogP contribution >= 0.6 is 22.9 Å². The molecule has 4 heterocycles. The van der Waals surface area contributed by atoms with Gasteiger partial charge in [-0.05, 0) is 44.2 Å². The van der Waals surface area contributed by atoms with E-state index in [1.807, 2.05) is 24.1 Å². The minimum absolute atomic E-state index is 0.0381. The van der Waals surface area contributed by atoms with Gasteiger partial charge in [-0.2, -0.15) is 13.2 Å². The minimum Gasteiger partial charge on any atom is -0.491 e. The molecular formula is C47H58ClF3N8O8S. The third kappa shape index (κ3) is 11.1. The van der Waals surface area contributed by atoms with E-state index < -0.39 is 71.7 Å². The van der Waals surface area contributed by atoms with Crippen LogP contribution in [0, 0.1) is 17.3 Å². The number of hydrogen-bond donors (Lipinski definition) is 4. The molecule has 8 rings (SSSR count). The molecule has 1 aromatic carbocycles. The number of carboxylic acids is 1. The number of amides is 3. The van der Waals surface area contributed by atoms with E-state index in [0.717, 1.165) is 0 Å². The number of likely N-dealkylation sites (tertiary alicyclic amines) is 1. The van der Waals surface area contributed by atoms with Gasteiger partial charge in [-0.1, -0.05) is 50.1 Å². The molecule has 3 aliphatic carbocycles. The number of ether oxygens (including phenoxy) is 3. The van der Waals surface area contributed by atoms with Crippen LogP contribution in [-0.2, 0) is 19.1 Å². The first-order chi connectivity index (χ1) is 32.1. The smallest absolute Gasteiger partial charge is 0.408 e. The van der Waals surface area contributed by atoms with Gasteiger partial charge in [-0.15, -0.1) is 17.9 Å². The monoisotopic (exact) mass is 986 g/mol. The number of allylic oxidation sites excluding steroid dienone is 1. The Labute approximate surface area is 401 Å². The number of alkyl carbamates (subject to hydrolysis) is 1. The molecule has 1 unspecified atom stereocenters. The summed E-state index contributed by atoms with van der Waals surface area (Å²) in [6, 6.07) is 2.89. The SMILES string of the molecule is C=C[C@@H]1C[C@]1(NC(=O)[C@@H]1CC(Oc2cc(-c3csc(NC(C)C)n3)nc3c(Cl)c(OCCN4CCN(CC(F)(F)F)CC4)ccc23)CN1C(=O)[C@@H](NC(=O)O[C@H]1CC2=C[C@H]2C1)C(C)(C)C)C(=O)O. The van der Waals surface area contributed by atoms with E-state index in [9.17, 15) is 37.5 Å². The second-order valence-corrected chi connectivity index (χ2v) is 21.0.